The largest absolute Gasteiger partial charge is 0.491 e. The van der Waals surface area contributed by atoms with Crippen molar-refractivity contribution in [1.82, 2.24) is 4.98 Å². The molecule has 0 spiro atoms. The van der Waals surface area contributed by atoms with Crippen LogP contribution in [-0.2, 0) is 10.0 Å². The average Bonchev–Trinajstić information content (AvgIpc) is 2.57. The summed E-state index contributed by atoms with van der Waals surface area (Å²) in [6.45, 7) is 9.63. The summed E-state index contributed by atoms with van der Waals surface area (Å²) in [6, 6.07) is 9.88. The van der Waals surface area contributed by atoms with Crippen LogP contribution in [0.15, 0.2) is 47.5 Å². The summed E-state index contributed by atoms with van der Waals surface area (Å²) in [7, 11) is -3.66. The maximum Gasteiger partial charge on any atom is 0.261 e. The molecular formula is C18H25N3O3S. The van der Waals surface area contributed by atoms with Gasteiger partial charge in [0, 0.05) is 13.1 Å². The van der Waals surface area contributed by atoms with Crippen molar-refractivity contribution in [3.63, 3.8) is 0 Å². The topological polar surface area (TPSA) is 71.5 Å². The molecule has 0 radical (unpaired) electrons. The Morgan fingerprint density at radius 2 is 1.72 bits per heavy atom. The lowest BCUT2D eigenvalue weighted by Gasteiger charge is -2.19. The van der Waals surface area contributed by atoms with Crippen molar-refractivity contribution in [2.24, 2.45) is 0 Å². The minimum absolute atomic E-state index is 0.0379. The number of sulfonamides is 1. The first kappa shape index (κ1) is 19.1. The smallest absolute Gasteiger partial charge is 0.261 e. The van der Waals surface area contributed by atoms with E-state index in [2.05, 4.69) is 28.5 Å². The molecule has 0 aliphatic rings. The lowest BCUT2D eigenvalue weighted by molar-refractivity contribution is 0.242. The van der Waals surface area contributed by atoms with E-state index < -0.39 is 10.0 Å². The van der Waals surface area contributed by atoms with Crippen LogP contribution in [0.2, 0.25) is 0 Å². The van der Waals surface area contributed by atoms with E-state index in [0.717, 1.165) is 18.9 Å². The fourth-order valence-electron chi connectivity index (χ4n) is 2.36. The molecule has 0 amide bonds. The first-order valence-electron chi connectivity index (χ1n) is 8.36. The minimum atomic E-state index is -3.66. The van der Waals surface area contributed by atoms with E-state index in [0.29, 0.717) is 11.4 Å². The van der Waals surface area contributed by atoms with Gasteiger partial charge in [0.15, 0.2) is 0 Å². The van der Waals surface area contributed by atoms with Gasteiger partial charge in [-0.2, -0.15) is 0 Å². The Morgan fingerprint density at radius 1 is 1.08 bits per heavy atom. The number of hydrogen-bond donors (Lipinski definition) is 1. The van der Waals surface area contributed by atoms with Crippen LogP contribution in [0.3, 0.4) is 0 Å². The average molecular weight is 363 g/mol. The van der Waals surface area contributed by atoms with Crippen molar-refractivity contribution in [2.45, 2.75) is 38.7 Å². The first-order valence-corrected chi connectivity index (χ1v) is 9.84. The molecule has 7 heteroatoms. The third kappa shape index (κ3) is 5.09. The van der Waals surface area contributed by atoms with Crippen molar-refractivity contribution in [1.29, 1.82) is 0 Å². The molecule has 0 saturated heterocycles. The molecule has 1 heterocycles. The molecule has 0 aliphatic carbocycles. The van der Waals surface area contributed by atoms with Gasteiger partial charge in [0.25, 0.3) is 10.0 Å². The second kappa shape index (κ2) is 8.20. The van der Waals surface area contributed by atoms with E-state index in [9.17, 15) is 8.42 Å². The van der Waals surface area contributed by atoms with Gasteiger partial charge >= 0.3 is 0 Å². The number of anilines is 2. The van der Waals surface area contributed by atoms with Crippen molar-refractivity contribution in [3.05, 3.63) is 42.6 Å². The van der Waals surface area contributed by atoms with E-state index in [1.165, 1.54) is 18.3 Å². The molecule has 136 valence electrons. The summed E-state index contributed by atoms with van der Waals surface area (Å²) in [5, 5.41) is 0. The third-order valence-electron chi connectivity index (χ3n) is 3.59. The fourth-order valence-corrected chi connectivity index (χ4v) is 3.41. The number of benzene rings is 1. The van der Waals surface area contributed by atoms with Gasteiger partial charge < -0.3 is 9.64 Å². The van der Waals surface area contributed by atoms with Gasteiger partial charge in [-0.3, -0.25) is 4.72 Å². The molecule has 1 aromatic heterocycles. The first-order chi connectivity index (χ1) is 11.9. The van der Waals surface area contributed by atoms with Crippen LogP contribution in [0.1, 0.15) is 27.7 Å². The van der Waals surface area contributed by atoms with Crippen LogP contribution in [0, 0.1) is 0 Å². The molecule has 1 aromatic carbocycles. The normalized spacial score (nSPS) is 11.4. The van der Waals surface area contributed by atoms with E-state index in [1.807, 2.05) is 19.9 Å². The second-order valence-electron chi connectivity index (χ2n) is 5.82. The molecule has 2 aromatic rings. The Balaban J connectivity index is 2.12. The van der Waals surface area contributed by atoms with Crippen LogP contribution in [0.25, 0.3) is 0 Å². The zero-order valence-corrected chi connectivity index (χ0v) is 15.9. The van der Waals surface area contributed by atoms with E-state index in [1.54, 1.807) is 18.2 Å². The Morgan fingerprint density at radius 3 is 2.20 bits per heavy atom. The summed E-state index contributed by atoms with van der Waals surface area (Å²) in [6.07, 6.45) is 1.57. The molecule has 0 atom stereocenters. The molecule has 1 N–H and O–H groups in total. The highest BCUT2D eigenvalue weighted by Gasteiger charge is 2.15. The number of nitrogens with one attached hydrogen (secondary N) is 1. The number of hydrogen-bond acceptors (Lipinski definition) is 5. The molecular weight excluding hydrogens is 338 g/mol. The molecule has 6 nitrogen and oxygen atoms in total. The Kier molecular flexibility index (Phi) is 6.25. The van der Waals surface area contributed by atoms with Crippen molar-refractivity contribution < 1.29 is 13.2 Å². The molecule has 0 unspecified atom stereocenters. The highest BCUT2D eigenvalue weighted by Crippen LogP contribution is 2.21. The Hall–Kier alpha value is -2.28. The standard InChI is InChI=1S/C18H25N3O3S/c1-5-21(6-2)18-12-7-15(13-19-18)20-25(22,23)17-10-8-16(9-11-17)24-14(3)4/h7-14,20H,5-6H2,1-4H3. The van der Waals surface area contributed by atoms with Gasteiger partial charge in [-0.05, 0) is 64.1 Å². The summed E-state index contributed by atoms with van der Waals surface area (Å²) < 4.78 is 33.0. The number of nitrogens with zero attached hydrogens (tertiary/aromatic N) is 2. The quantitative estimate of drug-likeness (QED) is 0.777. The highest BCUT2D eigenvalue weighted by molar-refractivity contribution is 7.92. The maximum absolute atomic E-state index is 12.5. The van der Waals surface area contributed by atoms with Gasteiger partial charge in [0.2, 0.25) is 0 Å². The molecule has 2 rings (SSSR count). The minimum Gasteiger partial charge on any atom is -0.491 e. The molecule has 25 heavy (non-hydrogen) atoms. The van der Waals surface area contributed by atoms with Crippen molar-refractivity contribution in [2.75, 3.05) is 22.7 Å². The van der Waals surface area contributed by atoms with E-state index in [-0.39, 0.29) is 11.0 Å². The fraction of sp³-hybridized carbons (Fsp3) is 0.389. The van der Waals surface area contributed by atoms with E-state index >= 15 is 0 Å². The van der Waals surface area contributed by atoms with Crippen LogP contribution in [0.5, 0.6) is 5.75 Å². The molecule has 0 aliphatic heterocycles. The summed E-state index contributed by atoms with van der Waals surface area (Å²) >= 11 is 0. The number of rotatable bonds is 8. The van der Waals surface area contributed by atoms with Crippen molar-refractivity contribution in [3.8, 4) is 5.75 Å². The summed E-state index contributed by atoms with van der Waals surface area (Å²) in [5.74, 6) is 1.46. The number of ether oxygens (including phenoxy) is 1. The predicted octanol–water partition coefficient (Wildman–Crippen LogP) is 3.52. The third-order valence-corrected chi connectivity index (χ3v) is 4.99. The molecule has 0 bridgehead atoms. The zero-order chi connectivity index (χ0) is 18.4. The highest BCUT2D eigenvalue weighted by atomic mass is 32.2. The van der Waals surface area contributed by atoms with Gasteiger partial charge in [-0.1, -0.05) is 0 Å². The monoisotopic (exact) mass is 363 g/mol. The molecule has 0 fully saturated rings. The SMILES string of the molecule is CCN(CC)c1ccc(NS(=O)(=O)c2ccc(OC(C)C)cc2)cn1. The van der Waals surface area contributed by atoms with Crippen LogP contribution in [-0.4, -0.2) is 32.6 Å². The zero-order valence-electron chi connectivity index (χ0n) is 15.1. The van der Waals surface area contributed by atoms with Crippen LogP contribution < -0.4 is 14.4 Å². The Bertz CT molecular complexity index is 768. The lowest BCUT2D eigenvalue weighted by Crippen LogP contribution is -2.22. The van der Waals surface area contributed by atoms with Crippen molar-refractivity contribution >= 4 is 21.5 Å². The van der Waals surface area contributed by atoms with Gasteiger partial charge in [-0.25, -0.2) is 13.4 Å². The number of aromatic nitrogens is 1. The second-order valence-corrected chi connectivity index (χ2v) is 7.50. The van der Waals surface area contributed by atoms with Gasteiger partial charge in [-0.15, -0.1) is 0 Å². The van der Waals surface area contributed by atoms with Crippen LogP contribution in [0.4, 0.5) is 11.5 Å². The van der Waals surface area contributed by atoms with E-state index in [4.69, 9.17) is 4.74 Å². The van der Waals surface area contributed by atoms with Gasteiger partial charge in [0.1, 0.15) is 11.6 Å². The van der Waals surface area contributed by atoms with Crippen LogP contribution >= 0.6 is 0 Å². The van der Waals surface area contributed by atoms with Gasteiger partial charge in [0.05, 0.1) is 22.9 Å². The Labute approximate surface area is 149 Å². The maximum atomic E-state index is 12.5. The predicted molar refractivity (Wildman–Crippen MR) is 101 cm³/mol. The molecule has 0 saturated carbocycles. The summed E-state index contributed by atoms with van der Waals surface area (Å²) in [5.41, 5.74) is 0.429. The lowest BCUT2D eigenvalue weighted by atomic mass is 10.3. The number of pyridine rings is 1. The summed E-state index contributed by atoms with van der Waals surface area (Å²) in [4.78, 5) is 6.59.